The molecule has 1 heterocycles. The lowest BCUT2D eigenvalue weighted by atomic mass is 10.2. The number of nitrogens with one attached hydrogen (secondary N) is 3. The fourth-order valence-electron chi connectivity index (χ4n) is 1.10. The highest BCUT2D eigenvalue weighted by molar-refractivity contribution is 5.83. The van der Waals surface area contributed by atoms with Crippen LogP contribution in [0.5, 0.6) is 0 Å². The predicted octanol–water partition coefficient (Wildman–Crippen LogP) is -0.621. The Morgan fingerprint density at radius 3 is 2.64 bits per heavy atom. The summed E-state index contributed by atoms with van der Waals surface area (Å²) in [4.78, 5) is 11.2. The van der Waals surface area contributed by atoms with Gasteiger partial charge in [-0.05, 0) is 6.42 Å². The van der Waals surface area contributed by atoms with E-state index in [-0.39, 0.29) is 11.9 Å². The molecule has 0 aromatic heterocycles. The van der Waals surface area contributed by atoms with Gasteiger partial charge in [-0.15, -0.1) is 0 Å². The van der Waals surface area contributed by atoms with Gasteiger partial charge in [0, 0.05) is 19.8 Å². The highest BCUT2D eigenvalue weighted by atomic mass is 16.1. The predicted molar refractivity (Wildman–Crippen MR) is 42.8 cm³/mol. The Morgan fingerprint density at radius 1 is 1.45 bits per heavy atom. The average Bonchev–Trinajstić information content (AvgIpc) is 2.07. The van der Waals surface area contributed by atoms with Crippen LogP contribution >= 0.6 is 0 Å². The van der Waals surface area contributed by atoms with E-state index in [1.165, 1.54) is 0 Å². The molecule has 0 unspecified atom stereocenters. The topological polar surface area (TPSA) is 53.2 Å². The molecule has 0 atom stereocenters. The van der Waals surface area contributed by atoms with Gasteiger partial charge in [-0.25, -0.2) is 0 Å². The van der Waals surface area contributed by atoms with E-state index >= 15 is 0 Å². The molecule has 0 aromatic rings. The van der Waals surface area contributed by atoms with Gasteiger partial charge in [0.25, 0.3) is 0 Å². The Labute approximate surface area is 66.7 Å². The van der Waals surface area contributed by atoms with E-state index in [4.69, 9.17) is 0 Å². The van der Waals surface area contributed by atoms with Crippen LogP contribution < -0.4 is 16.0 Å². The van der Waals surface area contributed by atoms with Gasteiger partial charge in [-0.3, -0.25) is 20.7 Å². The number of Topliss-reactive ketones (excluding diaryl/α,β-unsaturated/α-hetero) is 1. The maximum Gasteiger partial charge on any atom is 0.164 e. The van der Waals surface area contributed by atoms with E-state index in [1.54, 1.807) is 0 Å². The lowest BCUT2D eigenvalue weighted by Crippen LogP contribution is -2.59. The average molecular weight is 157 g/mol. The first-order valence-electron chi connectivity index (χ1n) is 4.05. The van der Waals surface area contributed by atoms with Crippen LogP contribution in [0.3, 0.4) is 0 Å². The minimum atomic E-state index is -0.129. The van der Waals surface area contributed by atoms with Gasteiger partial charge in [0.1, 0.15) is 6.17 Å². The molecule has 0 aliphatic carbocycles. The van der Waals surface area contributed by atoms with E-state index in [2.05, 4.69) is 16.0 Å². The molecular weight excluding hydrogens is 142 g/mol. The third-order valence-electron chi connectivity index (χ3n) is 1.68. The molecule has 1 fully saturated rings. The number of hydrogen-bond acceptors (Lipinski definition) is 4. The molecule has 1 aliphatic heterocycles. The van der Waals surface area contributed by atoms with E-state index in [1.807, 2.05) is 6.92 Å². The SMILES string of the molecule is CCCC(=O)C1NCNCN1. The normalized spacial score (nSPS) is 20.1. The summed E-state index contributed by atoms with van der Waals surface area (Å²) in [5.74, 6) is 0.258. The summed E-state index contributed by atoms with van der Waals surface area (Å²) >= 11 is 0. The van der Waals surface area contributed by atoms with Crippen molar-refractivity contribution in [2.45, 2.75) is 25.9 Å². The molecule has 0 saturated carbocycles. The molecule has 0 amide bonds. The number of hydrogen-bond donors (Lipinski definition) is 3. The first kappa shape index (κ1) is 8.64. The molecule has 11 heavy (non-hydrogen) atoms. The number of rotatable bonds is 3. The van der Waals surface area contributed by atoms with Crippen LogP contribution in [0.15, 0.2) is 0 Å². The van der Waals surface area contributed by atoms with Crippen LogP contribution in [-0.2, 0) is 4.79 Å². The van der Waals surface area contributed by atoms with Crippen molar-refractivity contribution in [3.8, 4) is 0 Å². The molecule has 0 spiro atoms. The molecule has 1 saturated heterocycles. The number of carbonyl (C=O) groups excluding carboxylic acids is 1. The summed E-state index contributed by atoms with van der Waals surface area (Å²) < 4.78 is 0. The van der Waals surface area contributed by atoms with E-state index in [9.17, 15) is 4.79 Å². The Kier molecular flexibility index (Phi) is 3.48. The number of ketones is 1. The summed E-state index contributed by atoms with van der Waals surface area (Å²) in [5, 5.41) is 9.10. The van der Waals surface area contributed by atoms with Gasteiger partial charge in [0.2, 0.25) is 0 Å². The summed E-state index contributed by atoms with van der Waals surface area (Å²) in [7, 11) is 0. The molecule has 64 valence electrons. The fourth-order valence-corrected chi connectivity index (χ4v) is 1.10. The van der Waals surface area contributed by atoms with Crippen molar-refractivity contribution in [3.63, 3.8) is 0 Å². The lowest BCUT2D eigenvalue weighted by molar-refractivity contribution is -0.122. The van der Waals surface area contributed by atoms with Gasteiger partial charge >= 0.3 is 0 Å². The molecular formula is C7H15N3O. The second kappa shape index (κ2) is 4.43. The minimum Gasteiger partial charge on any atom is -0.296 e. The monoisotopic (exact) mass is 157 g/mol. The lowest BCUT2D eigenvalue weighted by Gasteiger charge is -2.24. The van der Waals surface area contributed by atoms with Crippen LogP contribution in [0.1, 0.15) is 19.8 Å². The van der Waals surface area contributed by atoms with Gasteiger partial charge in [0.05, 0.1) is 0 Å². The molecule has 0 radical (unpaired) electrons. The zero-order valence-electron chi connectivity index (χ0n) is 6.81. The third-order valence-corrected chi connectivity index (χ3v) is 1.68. The van der Waals surface area contributed by atoms with Gasteiger partial charge in [-0.1, -0.05) is 6.92 Å². The zero-order valence-corrected chi connectivity index (χ0v) is 6.81. The van der Waals surface area contributed by atoms with E-state index in [0.717, 1.165) is 6.42 Å². The van der Waals surface area contributed by atoms with Crippen LogP contribution in [0.4, 0.5) is 0 Å². The molecule has 4 nitrogen and oxygen atoms in total. The highest BCUT2D eigenvalue weighted by Gasteiger charge is 2.17. The largest absolute Gasteiger partial charge is 0.296 e. The standard InChI is InChI=1S/C7H15N3O/c1-2-3-6(11)7-9-4-8-5-10-7/h7-10H,2-5H2,1H3. The third kappa shape index (κ3) is 2.57. The van der Waals surface area contributed by atoms with E-state index in [0.29, 0.717) is 19.8 Å². The maximum absolute atomic E-state index is 11.2. The Hall–Kier alpha value is -0.450. The van der Waals surface area contributed by atoms with Crippen LogP contribution in [0.2, 0.25) is 0 Å². The second-order valence-corrected chi connectivity index (χ2v) is 2.66. The summed E-state index contributed by atoms with van der Waals surface area (Å²) in [6.07, 6.45) is 1.45. The fraction of sp³-hybridized carbons (Fsp3) is 0.857. The first-order valence-corrected chi connectivity index (χ1v) is 4.05. The van der Waals surface area contributed by atoms with Crippen molar-refractivity contribution in [2.24, 2.45) is 0 Å². The van der Waals surface area contributed by atoms with Crippen LogP contribution in [0.25, 0.3) is 0 Å². The van der Waals surface area contributed by atoms with E-state index < -0.39 is 0 Å². The Morgan fingerprint density at radius 2 is 2.09 bits per heavy atom. The van der Waals surface area contributed by atoms with Crippen molar-refractivity contribution in [2.75, 3.05) is 13.3 Å². The van der Waals surface area contributed by atoms with Crippen molar-refractivity contribution in [1.29, 1.82) is 0 Å². The minimum absolute atomic E-state index is 0.129. The molecule has 4 heteroatoms. The smallest absolute Gasteiger partial charge is 0.164 e. The first-order chi connectivity index (χ1) is 5.34. The summed E-state index contributed by atoms with van der Waals surface area (Å²) in [6, 6.07) is 0. The van der Waals surface area contributed by atoms with Gasteiger partial charge in [0.15, 0.2) is 5.78 Å². The molecule has 0 bridgehead atoms. The molecule has 1 aliphatic rings. The molecule has 3 N–H and O–H groups in total. The molecule has 0 aromatic carbocycles. The van der Waals surface area contributed by atoms with Crippen LogP contribution in [0, 0.1) is 0 Å². The second-order valence-electron chi connectivity index (χ2n) is 2.66. The van der Waals surface area contributed by atoms with Crippen LogP contribution in [-0.4, -0.2) is 25.3 Å². The van der Waals surface area contributed by atoms with Crippen molar-refractivity contribution < 1.29 is 4.79 Å². The Balaban J connectivity index is 2.27. The Bertz CT molecular complexity index is 132. The van der Waals surface area contributed by atoms with Gasteiger partial charge in [-0.2, -0.15) is 0 Å². The van der Waals surface area contributed by atoms with Crippen molar-refractivity contribution >= 4 is 5.78 Å². The summed E-state index contributed by atoms with van der Waals surface area (Å²) in [5.41, 5.74) is 0. The maximum atomic E-state index is 11.2. The quantitative estimate of drug-likeness (QED) is 0.511. The highest BCUT2D eigenvalue weighted by Crippen LogP contribution is 1.93. The summed E-state index contributed by atoms with van der Waals surface area (Å²) in [6.45, 7) is 3.44. The van der Waals surface area contributed by atoms with Gasteiger partial charge < -0.3 is 0 Å². The zero-order chi connectivity index (χ0) is 8.10. The van der Waals surface area contributed by atoms with Crippen molar-refractivity contribution in [3.05, 3.63) is 0 Å². The van der Waals surface area contributed by atoms with Crippen molar-refractivity contribution in [1.82, 2.24) is 16.0 Å². The number of carbonyl (C=O) groups is 1. The molecule has 1 rings (SSSR count).